The van der Waals surface area contributed by atoms with Crippen LogP contribution in [0.25, 0.3) is 0 Å². The van der Waals surface area contributed by atoms with Crippen LogP contribution in [0.1, 0.15) is 36.1 Å². The van der Waals surface area contributed by atoms with E-state index in [4.69, 9.17) is 9.26 Å². The van der Waals surface area contributed by atoms with E-state index in [9.17, 15) is 0 Å². The summed E-state index contributed by atoms with van der Waals surface area (Å²) in [7, 11) is 0. The Morgan fingerprint density at radius 1 is 0.960 bits per heavy atom. The van der Waals surface area contributed by atoms with Crippen molar-refractivity contribution in [3.63, 3.8) is 0 Å². The number of aromatic nitrogens is 1. The van der Waals surface area contributed by atoms with Crippen molar-refractivity contribution in [2.75, 3.05) is 36.0 Å². The molecule has 0 amide bonds. The number of hydrogen-bond acceptors (Lipinski definition) is 5. The molecule has 0 bridgehead atoms. The predicted molar refractivity (Wildman–Crippen MR) is 100.0 cm³/mol. The molecule has 2 aliphatic rings. The van der Waals surface area contributed by atoms with E-state index in [1.807, 2.05) is 6.07 Å². The average Bonchev–Trinajstić information content (AvgIpc) is 3.21. The van der Waals surface area contributed by atoms with Gasteiger partial charge in [-0.2, -0.15) is 0 Å². The van der Waals surface area contributed by atoms with E-state index >= 15 is 0 Å². The summed E-state index contributed by atoms with van der Waals surface area (Å²) in [6.07, 6.45) is 2.63. The van der Waals surface area contributed by atoms with Gasteiger partial charge in [0, 0.05) is 49.9 Å². The summed E-state index contributed by atoms with van der Waals surface area (Å²) in [5.41, 5.74) is 6.72. The van der Waals surface area contributed by atoms with E-state index in [2.05, 4.69) is 49.6 Å². The van der Waals surface area contributed by atoms with Gasteiger partial charge in [0.25, 0.3) is 0 Å². The lowest BCUT2D eigenvalue weighted by molar-refractivity contribution is 0.137. The van der Waals surface area contributed by atoms with E-state index in [1.165, 1.54) is 27.9 Å². The summed E-state index contributed by atoms with van der Waals surface area (Å²) in [5.74, 6) is 2.05. The van der Waals surface area contributed by atoms with Crippen LogP contribution < -0.4 is 14.5 Å². The van der Waals surface area contributed by atoms with Gasteiger partial charge in [0.05, 0.1) is 0 Å². The highest BCUT2D eigenvalue weighted by Crippen LogP contribution is 2.45. The Kier molecular flexibility index (Phi) is 3.71. The van der Waals surface area contributed by atoms with Crippen molar-refractivity contribution in [1.29, 1.82) is 0 Å². The van der Waals surface area contributed by atoms with Crippen molar-refractivity contribution in [3.8, 4) is 5.75 Å². The molecular weight excluding hydrogens is 314 g/mol. The normalized spacial score (nSPS) is 19.1. The summed E-state index contributed by atoms with van der Waals surface area (Å²) < 4.78 is 11.2. The van der Waals surface area contributed by atoms with Gasteiger partial charge in [0.1, 0.15) is 17.6 Å². The number of benzene rings is 1. The number of rotatable bonds is 2. The van der Waals surface area contributed by atoms with Gasteiger partial charge in [0.15, 0.2) is 5.82 Å². The van der Waals surface area contributed by atoms with Crippen molar-refractivity contribution >= 4 is 11.5 Å². The topological polar surface area (TPSA) is 41.7 Å². The van der Waals surface area contributed by atoms with Gasteiger partial charge in [0.2, 0.25) is 0 Å². The first-order valence-electron chi connectivity index (χ1n) is 9.09. The van der Waals surface area contributed by atoms with Crippen LogP contribution in [0.2, 0.25) is 0 Å². The third-order valence-electron chi connectivity index (χ3n) is 5.67. The minimum Gasteiger partial charge on any atom is -0.487 e. The second kappa shape index (κ2) is 5.68. The maximum Gasteiger partial charge on any atom is 0.172 e. The first-order valence-corrected chi connectivity index (χ1v) is 9.09. The molecule has 1 fully saturated rings. The highest BCUT2D eigenvalue weighted by atomic mass is 16.5. The van der Waals surface area contributed by atoms with Gasteiger partial charge < -0.3 is 19.1 Å². The fourth-order valence-electron chi connectivity index (χ4n) is 4.26. The van der Waals surface area contributed by atoms with E-state index < -0.39 is 0 Å². The molecule has 0 aliphatic carbocycles. The Bertz CT molecular complexity index is 788. The van der Waals surface area contributed by atoms with Crippen molar-refractivity contribution in [2.24, 2.45) is 0 Å². The maximum absolute atomic E-state index is 6.25. The molecule has 0 N–H and O–H groups in total. The van der Waals surface area contributed by atoms with Crippen molar-refractivity contribution in [1.82, 2.24) is 5.16 Å². The number of anilines is 2. The molecule has 1 aromatic heterocycles. The third-order valence-corrected chi connectivity index (χ3v) is 5.67. The quantitative estimate of drug-likeness (QED) is 0.834. The van der Waals surface area contributed by atoms with Crippen LogP contribution in [0.4, 0.5) is 11.5 Å². The zero-order valence-corrected chi connectivity index (χ0v) is 15.8. The third kappa shape index (κ3) is 2.66. The second-order valence-electron chi connectivity index (χ2n) is 7.90. The molecule has 5 heteroatoms. The minimum atomic E-state index is -0.103. The highest BCUT2D eigenvalue weighted by molar-refractivity contribution is 5.70. The number of nitrogens with zero attached hydrogens (tertiary/aromatic N) is 3. The maximum atomic E-state index is 6.25. The number of hydrogen-bond donors (Lipinski definition) is 0. The van der Waals surface area contributed by atoms with Crippen LogP contribution in [0, 0.1) is 20.8 Å². The first kappa shape index (κ1) is 16.3. The van der Waals surface area contributed by atoms with Crippen molar-refractivity contribution in [2.45, 2.75) is 46.6 Å². The van der Waals surface area contributed by atoms with Gasteiger partial charge in [-0.15, -0.1) is 0 Å². The smallest absolute Gasteiger partial charge is 0.172 e. The van der Waals surface area contributed by atoms with Gasteiger partial charge in [-0.05, 0) is 51.3 Å². The van der Waals surface area contributed by atoms with Crippen molar-refractivity contribution in [3.05, 3.63) is 34.6 Å². The molecule has 1 aromatic carbocycles. The number of ether oxygens (including phenoxy) is 1. The lowest BCUT2D eigenvalue weighted by Crippen LogP contribution is -2.47. The van der Waals surface area contributed by atoms with Crippen LogP contribution in [0.3, 0.4) is 0 Å². The zero-order chi connectivity index (χ0) is 17.8. The van der Waals surface area contributed by atoms with Gasteiger partial charge in [-0.1, -0.05) is 5.16 Å². The Balaban J connectivity index is 1.63. The molecule has 2 aliphatic heterocycles. The lowest BCUT2D eigenvalue weighted by Gasteiger charge is -2.38. The van der Waals surface area contributed by atoms with Crippen molar-refractivity contribution < 1.29 is 9.26 Å². The standard InChI is InChI=1S/C20H27N3O2/c1-13-14(2)19-16(12-20(4,5)25-19)15(3)18(13)23-9-7-22(8-10-23)17-6-11-24-21-17/h6,11H,7-10,12H2,1-5H3. The SMILES string of the molecule is Cc1c(C)c(N2CCN(c3ccon3)CC2)c(C)c2c1OC(C)(C)C2. The van der Waals surface area contributed by atoms with E-state index in [0.29, 0.717) is 0 Å². The summed E-state index contributed by atoms with van der Waals surface area (Å²) >= 11 is 0. The second-order valence-corrected chi connectivity index (χ2v) is 7.90. The number of fused-ring (bicyclic) bond motifs is 1. The first-order chi connectivity index (χ1) is 11.9. The van der Waals surface area contributed by atoms with Crippen LogP contribution in [-0.4, -0.2) is 36.9 Å². The Labute approximate surface area is 149 Å². The molecule has 134 valence electrons. The largest absolute Gasteiger partial charge is 0.487 e. The van der Waals surface area contributed by atoms with Crippen LogP contribution in [-0.2, 0) is 6.42 Å². The molecular formula is C20H27N3O2. The highest BCUT2D eigenvalue weighted by Gasteiger charge is 2.35. The molecule has 1 saturated heterocycles. The van der Waals surface area contributed by atoms with Gasteiger partial charge in [-0.3, -0.25) is 0 Å². The van der Waals surface area contributed by atoms with Gasteiger partial charge in [-0.25, -0.2) is 0 Å². The predicted octanol–water partition coefficient (Wildman–Crippen LogP) is 3.64. The molecule has 4 rings (SSSR count). The van der Waals surface area contributed by atoms with Crippen LogP contribution in [0.15, 0.2) is 16.9 Å². The summed E-state index contributed by atoms with van der Waals surface area (Å²) in [6, 6.07) is 1.94. The molecule has 3 heterocycles. The summed E-state index contributed by atoms with van der Waals surface area (Å²) in [6.45, 7) is 15.0. The van der Waals surface area contributed by atoms with Crippen LogP contribution >= 0.6 is 0 Å². The Morgan fingerprint density at radius 2 is 1.64 bits per heavy atom. The Morgan fingerprint density at radius 3 is 2.28 bits per heavy atom. The fraction of sp³-hybridized carbons (Fsp3) is 0.550. The molecule has 2 aromatic rings. The van der Waals surface area contributed by atoms with E-state index in [0.717, 1.165) is 44.2 Å². The zero-order valence-electron chi connectivity index (χ0n) is 15.8. The fourth-order valence-corrected chi connectivity index (χ4v) is 4.26. The minimum absolute atomic E-state index is 0.103. The number of piperazine rings is 1. The molecule has 0 saturated carbocycles. The molecule has 5 nitrogen and oxygen atoms in total. The molecule has 0 radical (unpaired) electrons. The summed E-state index contributed by atoms with van der Waals surface area (Å²) in [5, 5.41) is 4.07. The Hall–Kier alpha value is -2.17. The van der Waals surface area contributed by atoms with E-state index in [-0.39, 0.29) is 5.60 Å². The average molecular weight is 341 g/mol. The molecule has 25 heavy (non-hydrogen) atoms. The lowest BCUT2D eigenvalue weighted by atomic mass is 9.92. The van der Waals surface area contributed by atoms with Gasteiger partial charge >= 0.3 is 0 Å². The molecule has 0 unspecified atom stereocenters. The summed E-state index contributed by atoms with van der Waals surface area (Å²) in [4.78, 5) is 4.82. The van der Waals surface area contributed by atoms with E-state index in [1.54, 1.807) is 6.26 Å². The molecule has 0 spiro atoms. The van der Waals surface area contributed by atoms with Crippen LogP contribution in [0.5, 0.6) is 5.75 Å². The molecule has 0 atom stereocenters. The monoisotopic (exact) mass is 341 g/mol.